The monoisotopic (exact) mass is 204 g/mol. The summed E-state index contributed by atoms with van der Waals surface area (Å²) in [6, 6.07) is 7.58. The quantitative estimate of drug-likeness (QED) is 0.747. The highest BCUT2D eigenvalue weighted by Gasteiger charge is 2.03. The minimum Gasteiger partial charge on any atom is -0.481 e. The van der Waals surface area contributed by atoms with E-state index >= 15 is 0 Å². The van der Waals surface area contributed by atoms with E-state index in [9.17, 15) is 4.79 Å². The van der Waals surface area contributed by atoms with Crippen LogP contribution in [0.1, 0.15) is 6.42 Å². The first-order chi connectivity index (χ1) is 7.16. The number of carboxylic acid groups (broad SMARTS) is 1. The lowest BCUT2D eigenvalue weighted by molar-refractivity contribution is -0.137. The Hall–Kier alpha value is -1.97. The van der Waals surface area contributed by atoms with Gasteiger partial charge in [0, 0.05) is 18.4 Å². The van der Waals surface area contributed by atoms with Crippen molar-refractivity contribution in [2.45, 2.75) is 13.0 Å². The standard InChI is InChI=1S/C11H12N2O2/c12-9-2-1-8-3-5-13(10(8)7-9)6-4-11(14)15/h1-3,5,7H,4,6,12H2,(H,14,15). The molecule has 78 valence electrons. The van der Waals surface area contributed by atoms with Crippen molar-refractivity contribution >= 4 is 22.6 Å². The molecule has 4 heteroatoms. The molecule has 15 heavy (non-hydrogen) atoms. The minimum atomic E-state index is -0.791. The van der Waals surface area contributed by atoms with Gasteiger partial charge >= 0.3 is 5.97 Å². The smallest absolute Gasteiger partial charge is 0.305 e. The zero-order chi connectivity index (χ0) is 10.8. The summed E-state index contributed by atoms with van der Waals surface area (Å²) in [5, 5.41) is 9.68. The number of nitrogens with two attached hydrogens (primary N) is 1. The van der Waals surface area contributed by atoms with Crippen molar-refractivity contribution < 1.29 is 9.90 Å². The number of aryl methyl sites for hydroxylation is 1. The van der Waals surface area contributed by atoms with Crippen LogP contribution in [0, 0.1) is 0 Å². The molecule has 3 N–H and O–H groups in total. The summed E-state index contributed by atoms with van der Waals surface area (Å²) in [5.41, 5.74) is 7.35. The lowest BCUT2D eigenvalue weighted by atomic mass is 10.2. The summed E-state index contributed by atoms with van der Waals surface area (Å²) < 4.78 is 1.90. The number of hydrogen-bond donors (Lipinski definition) is 2. The molecule has 0 radical (unpaired) electrons. The molecule has 0 spiro atoms. The third-order valence-electron chi connectivity index (χ3n) is 2.36. The van der Waals surface area contributed by atoms with Crippen molar-refractivity contribution in [2.75, 3.05) is 5.73 Å². The zero-order valence-corrected chi connectivity index (χ0v) is 8.18. The Bertz CT molecular complexity index is 502. The van der Waals surface area contributed by atoms with Crippen LogP contribution in [0.2, 0.25) is 0 Å². The lowest BCUT2D eigenvalue weighted by Crippen LogP contribution is -2.03. The van der Waals surface area contributed by atoms with Crippen LogP contribution >= 0.6 is 0 Å². The number of hydrogen-bond acceptors (Lipinski definition) is 2. The molecule has 2 rings (SSSR count). The number of benzene rings is 1. The molecule has 2 aromatic rings. The van der Waals surface area contributed by atoms with Crippen molar-refractivity contribution in [2.24, 2.45) is 0 Å². The maximum Gasteiger partial charge on any atom is 0.305 e. The summed E-state index contributed by atoms with van der Waals surface area (Å²) in [6.07, 6.45) is 2.01. The molecule has 0 amide bonds. The van der Waals surface area contributed by atoms with Gasteiger partial charge in [0.2, 0.25) is 0 Å². The first-order valence-electron chi connectivity index (χ1n) is 4.73. The first-order valence-corrected chi connectivity index (χ1v) is 4.73. The van der Waals surface area contributed by atoms with Crippen molar-refractivity contribution in [1.29, 1.82) is 0 Å². The molecule has 1 heterocycles. The molecule has 0 fully saturated rings. The van der Waals surface area contributed by atoms with E-state index in [4.69, 9.17) is 10.8 Å². The molecule has 0 aliphatic carbocycles. The summed E-state index contributed by atoms with van der Waals surface area (Å²) >= 11 is 0. The molecular formula is C11H12N2O2. The van der Waals surface area contributed by atoms with Crippen molar-refractivity contribution in [3.63, 3.8) is 0 Å². The maximum absolute atomic E-state index is 10.5. The van der Waals surface area contributed by atoms with Crippen LogP contribution in [0.4, 0.5) is 5.69 Å². The highest BCUT2D eigenvalue weighted by Crippen LogP contribution is 2.18. The minimum absolute atomic E-state index is 0.124. The highest BCUT2D eigenvalue weighted by molar-refractivity contribution is 5.83. The van der Waals surface area contributed by atoms with Crippen molar-refractivity contribution in [3.8, 4) is 0 Å². The van der Waals surface area contributed by atoms with E-state index in [0.29, 0.717) is 12.2 Å². The number of nitrogens with zero attached hydrogens (tertiary/aromatic N) is 1. The summed E-state index contributed by atoms with van der Waals surface area (Å²) in [5.74, 6) is -0.791. The Morgan fingerprint density at radius 3 is 2.93 bits per heavy atom. The second-order valence-electron chi connectivity index (χ2n) is 3.47. The van der Waals surface area contributed by atoms with Gasteiger partial charge in [-0.3, -0.25) is 4.79 Å². The topological polar surface area (TPSA) is 68.2 Å². The van der Waals surface area contributed by atoms with Crippen LogP contribution in [0.3, 0.4) is 0 Å². The van der Waals surface area contributed by atoms with Gasteiger partial charge < -0.3 is 15.4 Å². The fourth-order valence-corrected chi connectivity index (χ4v) is 1.61. The van der Waals surface area contributed by atoms with Gasteiger partial charge in [-0.25, -0.2) is 0 Å². The number of carboxylic acids is 1. The second kappa shape index (κ2) is 3.65. The van der Waals surface area contributed by atoms with Gasteiger partial charge in [-0.2, -0.15) is 0 Å². The van der Waals surface area contributed by atoms with E-state index in [-0.39, 0.29) is 6.42 Å². The van der Waals surface area contributed by atoms with Gasteiger partial charge in [0.25, 0.3) is 0 Å². The predicted molar refractivity (Wildman–Crippen MR) is 58.6 cm³/mol. The summed E-state index contributed by atoms with van der Waals surface area (Å²) in [7, 11) is 0. The van der Waals surface area contributed by atoms with Crippen LogP contribution in [0.15, 0.2) is 30.5 Å². The van der Waals surface area contributed by atoms with Crippen LogP contribution in [0.25, 0.3) is 10.9 Å². The molecule has 0 atom stereocenters. The van der Waals surface area contributed by atoms with Gasteiger partial charge in [0.05, 0.1) is 11.9 Å². The van der Waals surface area contributed by atoms with Gasteiger partial charge in [-0.05, 0) is 23.6 Å². The number of rotatable bonds is 3. The van der Waals surface area contributed by atoms with Gasteiger partial charge in [0.15, 0.2) is 0 Å². The molecule has 0 bridgehead atoms. The largest absolute Gasteiger partial charge is 0.481 e. The van der Waals surface area contributed by atoms with Crippen LogP contribution in [0.5, 0.6) is 0 Å². The summed E-state index contributed by atoms with van der Waals surface area (Å²) in [6.45, 7) is 0.474. The summed E-state index contributed by atoms with van der Waals surface area (Å²) in [4.78, 5) is 10.5. The molecular weight excluding hydrogens is 192 g/mol. The van der Waals surface area contributed by atoms with E-state index in [2.05, 4.69) is 0 Å². The molecule has 0 aliphatic heterocycles. The van der Waals surface area contributed by atoms with Crippen LogP contribution in [-0.4, -0.2) is 15.6 Å². The van der Waals surface area contributed by atoms with Crippen LogP contribution < -0.4 is 5.73 Å². The molecule has 0 aliphatic rings. The molecule has 1 aromatic carbocycles. The van der Waals surface area contributed by atoms with Crippen molar-refractivity contribution in [3.05, 3.63) is 30.5 Å². The zero-order valence-electron chi connectivity index (χ0n) is 8.18. The van der Waals surface area contributed by atoms with Crippen molar-refractivity contribution in [1.82, 2.24) is 4.57 Å². The predicted octanol–water partition coefficient (Wildman–Crippen LogP) is 1.70. The van der Waals surface area contributed by atoms with Gasteiger partial charge in [0.1, 0.15) is 0 Å². The molecule has 0 saturated heterocycles. The lowest BCUT2D eigenvalue weighted by Gasteiger charge is -2.03. The number of aromatic nitrogens is 1. The Morgan fingerprint density at radius 2 is 2.20 bits per heavy atom. The van der Waals surface area contributed by atoms with E-state index in [1.54, 1.807) is 0 Å². The third-order valence-corrected chi connectivity index (χ3v) is 2.36. The normalized spacial score (nSPS) is 10.7. The number of nitrogen functional groups attached to an aromatic ring is 1. The average Bonchev–Trinajstić information content (AvgIpc) is 2.57. The Balaban J connectivity index is 2.35. The number of aliphatic carboxylic acids is 1. The second-order valence-corrected chi connectivity index (χ2v) is 3.47. The van der Waals surface area contributed by atoms with E-state index in [0.717, 1.165) is 10.9 Å². The fraction of sp³-hybridized carbons (Fsp3) is 0.182. The average molecular weight is 204 g/mol. The number of fused-ring (bicyclic) bond motifs is 1. The SMILES string of the molecule is Nc1ccc2ccn(CCC(=O)O)c2c1. The Labute approximate surface area is 86.9 Å². The highest BCUT2D eigenvalue weighted by atomic mass is 16.4. The first kappa shape index (κ1) is 9.58. The molecule has 1 aromatic heterocycles. The Kier molecular flexibility index (Phi) is 2.33. The Morgan fingerprint density at radius 1 is 1.40 bits per heavy atom. The fourth-order valence-electron chi connectivity index (χ4n) is 1.61. The van der Waals surface area contributed by atoms with Crippen LogP contribution in [-0.2, 0) is 11.3 Å². The van der Waals surface area contributed by atoms with Gasteiger partial charge in [-0.1, -0.05) is 6.07 Å². The molecule has 4 nitrogen and oxygen atoms in total. The number of anilines is 1. The van der Waals surface area contributed by atoms with Gasteiger partial charge in [-0.15, -0.1) is 0 Å². The molecule has 0 unspecified atom stereocenters. The van der Waals surface area contributed by atoms with E-state index < -0.39 is 5.97 Å². The van der Waals surface area contributed by atoms with E-state index in [1.165, 1.54) is 0 Å². The third kappa shape index (κ3) is 1.93. The van der Waals surface area contributed by atoms with E-state index in [1.807, 2.05) is 35.0 Å². The molecule has 0 saturated carbocycles. The maximum atomic E-state index is 10.5. The number of carbonyl (C=O) groups is 1.